The summed E-state index contributed by atoms with van der Waals surface area (Å²) < 4.78 is 5.69. The van der Waals surface area contributed by atoms with Crippen LogP contribution in [0, 0.1) is 5.92 Å². The number of piperidine rings is 1. The average Bonchev–Trinajstić information content (AvgIpc) is 2.68. The highest BCUT2D eigenvalue weighted by Gasteiger charge is 2.29. The van der Waals surface area contributed by atoms with Crippen LogP contribution in [0.5, 0.6) is 5.75 Å². The Morgan fingerprint density at radius 1 is 1.11 bits per heavy atom. The Morgan fingerprint density at radius 2 is 1.89 bits per heavy atom. The third-order valence-electron chi connectivity index (χ3n) is 4.59. The summed E-state index contributed by atoms with van der Waals surface area (Å²) in [5, 5.41) is 2.90. The molecule has 5 heteroatoms. The van der Waals surface area contributed by atoms with Gasteiger partial charge in [0, 0.05) is 30.3 Å². The van der Waals surface area contributed by atoms with E-state index in [-0.39, 0.29) is 23.8 Å². The van der Waals surface area contributed by atoms with Crippen molar-refractivity contribution in [2.24, 2.45) is 5.92 Å². The van der Waals surface area contributed by atoms with Gasteiger partial charge in [0.2, 0.25) is 0 Å². The first-order valence-electron chi connectivity index (χ1n) is 9.45. The van der Waals surface area contributed by atoms with Crippen LogP contribution < -0.4 is 10.1 Å². The predicted molar refractivity (Wildman–Crippen MR) is 106 cm³/mol. The summed E-state index contributed by atoms with van der Waals surface area (Å²) in [5.74, 6) is 0.585. The van der Waals surface area contributed by atoms with Crippen molar-refractivity contribution >= 4 is 17.5 Å². The number of Topliss-reactive ketones (excluding diaryl/α,β-unsaturated/α-hetero) is 1. The fourth-order valence-electron chi connectivity index (χ4n) is 3.33. The number of benzene rings is 2. The van der Waals surface area contributed by atoms with Crippen LogP contribution >= 0.6 is 0 Å². The third kappa shape index (κ3) is 5.09. The molecule has 142 valence electrons. The van der Waals surface area contributed by atoms with Gasteiger partial charge in [0.15, 0.2) is 5.78 Å². The lowest BCUT2D eigenvalue weighted by Crippen LogP contribution is -2.44. The molecule has 1 fully saturated rings. The zero-order chi connectivity index (χ0) is 19.2. The zero-order valence-electron chi connectivity index (χ0n) is 15.9. The molecule has 1 atom stereocenters. The van der Waals surface area contributed by atoms with Crippen molar-refractivity contribution in [3.05, 3.63) is 60.2 Å². The minimum atomic E-state index is -0.186. The molecule has 0 saturated carbocycles. The lowest BCUT2D eigenvalue weighted by atomic mass is 9.90. The van der Waals surface area contributed by atoms with E-state index >= 15 is 0 Å². The van der Waals surface area contributed by atoms with E-state index in [1.165, 1.54) is 0 Å². The number of likely N-dealkylation sites (tertiary alicyclic amines) is 1. The molecule has 0 radical (unpaired) electrons. The molecule has 1 N–H and O–H groups in total. The predicted octanol–water partition coefficient (Wildman–Crippen LogP) is 4.60. The number of ether oxygens (including phenoxy) is 1. The van der Waals surface area contributed by atoms with Crippen LogP contribution in [0.3, 0.4) is 0 Å². The number of nitrogens with one attached hydrogen (secondary N) is 1. The summed E-state index contributed by atoms with van der Waals surface area (Å²) in [6.45, 7) is 5.02. The summed E-state index contributed by atoms with van der Waals surface area (Å²) in [6.07, 6.45) is 1.67. The molecule has 1 saturated heterocycles. The van der Waals surface area contributed by atoms with Crippen molar-refractivity contribution in [1.82, 2.24) is 4.90 Å². The summed E-state index contributed by atoms with van der Waals surface area (Å²) in [6, 6.07) is 16.5. The molecule has 1 aliphatic rings. The van der Waals surface area contributed by atoms with Gasteiger partial charge in [-0.05, 0) is 51.0 Å². The Hall–Kier alpha value is -2.82. The van der Waals surface area contributed by atoms with Crippen LogP contribution in [-0.2, 0) is 0 Å². The van der Waals surface area contributed by atoms with E-state index in [2.05, 4.69) is 5.32 Å². The fourth-order valence-corrected chi connectivity index (χ4v) is 3.33. The summed E-state index contributed by atoms with van der Waals surface area (Å²) in [4.78, 5) is 27.2. The van der Waals surface area contributed by atoms with Crippen LogP contribution in [0.4, 0.5) is 10.5 Å². The van der Waals surface area contributed by atoms with Crippen LogP contribution in [0.25, 0.3) is 0 Å². The Kier molecular flexibility index (Phi) is 6.12. The third-order valence-corrected chi connectivity index (χ3v) is 4.59. The van der Waals surface area contributed by atoms with E-state index in [9.17, 15) is 9.59 Å². The van der Waals surface area contributed by atoms with E-state index < -0.39 is 0 Å². The minimum absolute atomic E-state index is 0.0576. The molecule has 5 nitrogen and oxygen atoms in total. The van der Waals surface area contributed by atoms with E-state index in [0.717, 1.165) is 18.5 Å². The van der Waals surface area contributed by atoms with E-state index in [1.807, 2.05) is 62.4 Å². The number of anilines is 1. The van der Waals surface area contributed by atoms with Gasteiger partial charge in [0.1, 0.15) is 5.75 Å². The average molecular weight is 366 g/mol. The quantitative estimate of drug-likeness (QED) is 0.787. The number of carbonyl (C=O) groups excluding carboxylic acids is 2. The first-order valence-corrected chi connectivity index (χ1v) is 9.45. The first-order chi connectivity index (χ1) is 13.0. The molecule has 0 bridgehead atoms. The monoisotopic (exact) mass is 366 g/mol. The van der Waals surface area contributed by atoms with Gasteiger partial charge in [-0.15, -0.1) is 0 Å². The largest absolute Gasteiger partial charge is 0.491 e. The Labute approximate surface area is 160 Å². The lowest BCUT2D eigenvalue weighted by Gasteiger charge is -2.32. The summed E-state index contributed by atoms with van der Waals surface area (Å²) in [7, 11) is 0. The molecule has 2 amide bonds. The fraction of sp³-hybridized carbons (Fsp3) is 0.364. The van der Waals surface area contributed by atoms with Crippen molar-refractivity contribution in [1.29, 1.82) is 0 Å². The topological polar surface area (TPSA) is 58.6 Å². The summed E-state index contributed by atoms with van der Waals surface area (Å²) >= 11 is 0. The lowest BCUT2D eigenvalue weighted by molar-refractivity contribution is 0.0850. The highest BCUT2D eigenvalue weighted by atomic mass is 16.5. The molecule has 3 rings (SSSR count). The van der Waals surface area contributed by atoms with E-state index in [0.29, 0.717) is 24.4 Å². The van der Waals surface area contributed by atoms with Crippen molar-refractivity contribution in [3.8, 4) is 5.75 Å². The maximum atomic E-state index is 13.0. The van der Waals surface area contributed by atoms with E-state index in [1.54, 1.807) is 11.0 Å². The van der Waals surface area contributed by atoms with Crippen LogP contribution in [0.15, 0.2) is 54.6 Å². The number of hydrogen-bond donors (Lipinski definition) is 1. The minimum Gasteiger partial charge on any atom is -0.491 e. The van der Waals surface area contributed by atoms with Gasteiger partial charge in [-0.1, -0.05) is 30.3 Å². The Morgan fingerprint density at radius 3 is 2.63 bits per heavy atom. The van der Waals surface area contributed by atoms with Crippen LogP contribution in [-0.4, -0.2) is 35.9 Å². The molecule has 2 aromatic rings. The second-order valence-electron chi connectivity index (χ2n) is 7.14. The van der Waals surface area contributed by atoms with Gasteiger partial charge < -0.3 is 15.0 Å². The SMILES string of the molecule is CC(C)Oc1cccc(C(=O)[C@@H]2CCCN(C(=O)Nc3ccccc3)C2)c1. The second kappa shape index (κ2) is 8.71. The van der Waals surface area contributed by atoms with Crippen molar-refractivity contribution in [2.75, 3.05) is 18.4 Å². The zero-order valence-corrected chi connectivity index (χ0v) is 15.9. The van der Waals surface area contributed by atoms with Crippen LogP contribution in [0.2, 0.25) is 0 Å². The Bertz CT molecular complexity index is 789. The van der Waals surface area contributed by atoms with Crippen molar-refractivity contribution < 1.29 is 14.3 Å². The van der Waals surface area contributed by atoms with Gasteiger partial charge >= 0.3 is 6.03 Å². The normalized spacial score (nSPS) is 16.9. The van der Waals surface area contributed by atoms with E-state index in [4.69, 9.17) is 4.74 Å². The number of amides is 2. The first kappa shape index (κ1) is 19.0. The molecule has 0 spiro atoms. The number of para-hydroxylation sites is 1. The number of hydrogen-bond acceptors (Lipinski definition) is 3. The maximum Gasteiger partial charge on any atom is 0.321 e. The number of nitrogens with zero attached hydrogens (tertiary/aromatic N) is 1. The molecule has 0 aromatic heterocycles. The smallest absolute Gasteiger partial charge is 0.321 e. The molecule has 1 aliphatic heterocycles. The molecule has 0 unspecified atom stereocenters. The number of carbonyl (C=O) groups is 2. The van der Waals surface area contributed by atoms with Gasteiger partial charge in [-0.25, -0.2) is 4.79 Å². The maximum absolute atomic E-state index is 13.0. The molecule has 2 aromatic carbocycles. The Balaban J connectivity index is 1.65. The summed E-state index contributed by atoms with van der Waals surface area (Å²) in [5.41, 5.74) is 1.40. The molecular weight excluding hydrogens is 340 g/mol. The van der Waals surface area contributed by atoms with Gasteiger partial charge in [-0.2, -0.15) is 0 Å². The molecule has 0 aliphatic carbocycles. The van der Waals surface area contributed by atoms with Crippen molar-refractivity contribution in [2.45, 2.75) is 32.8 Å². The van der Waals surface area contributed by atoms with Crippen molar-refractivity contribution in [3.63, 3.8) is 0 Å². The highest BCUT2D eigenvalue weighted by molar-refractivity contribution is 5.99. The van der Waals surface area contributed by atoms with Gasteiger partial charge in [0.05, 0.1) is 6.10 Å². The number of ketones is 1. The standard InChI is InChI=1S/C22H26N2O3/c1-16(2)27-20-12-6-8-17(14-20)21(25)18-9-7-13-24(15-18)22(26)23-19-10-4-3-5-11-19/h3-6,8,10-12,14,16,18H,7,9,13,15H2,1-2H3,(H,23,26)/t18-/m1/s1. The number of urea groups is 1. The molecule has 1 heterocycles. The molecular formula is C22H26N2O3. The highest BCUT2D eigenvalue weighted by Crippen LogP contribution is 2.24. The molecule has 27 heavy (non-hydrogen) atoms. The van der Waals surface area contributed by atoms with Gasteiger partial charge in [-0.3, -0.25) is 4.79 Å². The van der Waals surface area contributed by atoms with Gasteiger partial charge in [0.25, 0.3) is 0 Å². The number of rotatable bonds is 5. The second-order valence-corrected chi connectivity index (χ2v) is 7.14. The van der Waals surface area contributed by atoms with Crippen LogP contribution in [0.1, 0.15) is 37.0 Å².